The lowest BCUT2D eigenvalue weighted by atomic mass is 9.85. The molecule has 0 saturated carbocycles. The van der Waals surface area contributed by atoms with Gasteiger partial charge in [0.2, 0.25) is 0 Å². The average Bonchev–Trinajstić information content (AvgIpc) is 1.65. The highest BCUT2D eigenvalue weighted by Crippen LogP contribution is 2.29. The summed E-state index contributed by atoms with van der Waals surface area (Å²) in [6.45, 7) is 8.70. The Morgan fingerprint density at radius 1 is 1.44 bits per heavy atom. The molecule has 0 aromatic rings. The minimum atomic E-state index is 0.289. The van der Waals surface area contributed by atoms with Crippen molar-refractivity contribution in [1.29, 1.82) is 0 Å². The topological polar surface area (TPSA) is 0 Å². The first kappa shape index (κ1) is 9.29. The molecule has 0 N–H and O–H groups in total. The Kier molecular flexibility index (Phi) is 3.57. The normalized spacial score (nSPS) is 15.7. The molecule has 0 aliphatic carbocycles. The van der Waals surface area contributed by atoms with Crippen LogP contribution in [0.15, 0.2) is 0 Å². The van der Waals surface area contributed by atoms with Gasteiger partial charge in [-0.25, -0.2) is 0 Å². The number of rotatable bonds is 3. The molecule has 0 rings (SSSR count). The predicted molar refractivity (Wildman–Crippen MR) is 44.0 cm³/mol. The SMILES string of the molecule is CCCC(C)(C)C(C)Cl. The maximum Gasteiger partial charge on any atom is 0.0358 e. The Morgan fingerprint density at radius 3 is 2.00 bits per heavy atom. The molecule has 0 aliphatic rings. The summed E-state index contributed by atoms with van der Waals surface area (Å²) in [4.78, 5) is 0. The van der Waals surface area contributed by atoms with Crippen molar-refractivity contribution in [1.82, 2.24) is 0 Å². The molecule has 0 heterocycles. The molecule has 0 fully saturated rings. The maximum atomic E-state index is 5.95. The minimum absolute atomic E-state index is 0.289. The lowest BCUT2D eigenvalue weighted by molar-refractivity contribution is 0.325. The highest BCUT2D eigenvalue weighted by molar-refractivity contribution is 6.20. The van der Waals surface area contributed by atoms with Crippen LogP contribution in [0, 0.1) is 5.41 Å². The van der Waals surface area contributed by atoms with Crippen molar-refractivity contribution in [2.24, 2.45) is 5.41 Å². The van der Waals surface area contributed by atoms with Crippen LogP contribution in [0.2, 0.25) is 0 Å². The van der Waals surface area contributed by atoms with Crippen molar-refractivity contribution in [3.63, 3.8) is 0 Å². The van der Waals surface area contributed by atoms with Gasteiger partial charge in [0.25, 0.3) is 0 Å². The van der Waals surface area contributed by atoms with Gasteiger partial charge >= 0.3 is 0 Å². The summed E-state index contributed by atoms with van der Waals surface area (Å²) in [5, 5.41) is 0.289. The second kappa shape index (κ2) is 3.46. The third-order valence-electron chi connectivity index (χ3n) is 1.97. The van der Waals surface area contributed by atoms with Crippen LogP contribution in [0.25, 0.3) is 0 Å². The molecule has 0 amide bonds. The molecule has 0 radical (unpaired) electrons. The minimum Gasteiger partial charge on any atom is -0.123 e. The van der Waals surface area contributed by atoms with E-state index in [2.05, 4.69) is 27.7 Å². The van der Waals surface area contributed by atoms with Gasteiger partial charge in [-0.2, -0.15) is 0 Å². The third kappa shape index (κ3) is 3.10. The van der Waals surface area contributed by atoms with Crippen LogP contribution >= 0.6 is 11.6 Å². The Balaban J connectivity index is 3.70. The summed E-state index contributed by atoms with van der Waals surface area (Å²) in [6.07, 6.45) is 2.45. The molecule has 56 valence electrons. The van der Waals surface area contributed by atoms with Crippen LogP contribution in [-0.2, 0) is 0 Å². The van der Waals surface area contributed by atoms with Gasteiger partial charge in [-0.15, -0.1) is 11.6 Å². The molecule has 0 saturated heterocycles. The number of hydrogen-bond donors (Lipinski definition) is 0. The monoisotopic (exact) mass is 148 g/mol. The van der Waals surface area contributed by atoms with E-state index in [0.29, 0.717) is 5.41 Å². The summed E-state index contributed by atoms with van der Waals surface area (Å²) in [7, 11) is 0. The smallest absolute Gasteiger partial charge is 0.0358 e. The summed E-state index contributed by atoms with van der Waals surface area (Å²) >= 11 is 5.95. The van der Waals surface area contributed by atoms with Crippen molar-refractivity contribution in [3.05, 3.63) is 0 Å². The zero-order valence-corrected chi connectivity index (χ0v) is 7.63. The van der Waals surface area contributed by atoms with E-state index in [9.17, 15) is 0 Å². The van der Waals surface area contributed by atoms with E-state index in [1.165, 1.54) is 12.8 Å². The van der Waals surface area contributed by atoms with E-state index >= 15 is 0 Å². The van der Waals surface area contributed by atoms with Gasteiger partial charge in [-0.1, -0.05) is 27.2 Å². The summed E-state index contributed by atoms with van der Waals surface area (Å²) < 4.78 is 0. The average molecular weight is 149 g/mol. The maximum absolute atomic E-state index is 5.95. The van der Waals surface area contributed by atoms with Crippen molar-refractivity contribution < 1.29 is 0 Å². The molecule has 0 bridgehead atoms. The van der Waals surface area contributed by atoms with Crippen molar-refractivity contribution in [2.45, 2.75) is 45.9 Å². The molecule has 0 spiro atoms. The predicted octanol–water partition coefficient (Wildman–Crippen LogP) is 3.44. The van der Waals surface area contributed by atoms with Gasteiger partial charge < -0.3 is 0 Å². The van der Waals surface area contributed by atoms with Gasteiger partial charge in [-0.05, 0) is 18.8 Å². The summed E-state index contributed by atoms with van der Waals surface area (Å²) in [5.74, 6) is 0. The van der Waals surface area contributed by atoms with Gasteiger partial charge in [0.1, 0.15) is 0 Å². The summed E-state index contributed by atoms with van der Waals surface area (Å²) in [6, 6.07) is 0. The van der Waals surface area contributed by atoms with Crippen LogP contribution in [0.3, 0.4) is 0 Å². The van der Waals surface area contributed by atoms with Gasteiger partial charge in [-0.3, -0.25) is 0 Å². The van der Waals surface area contributed by atoms with Crippen LogP contribution in [0.4, 0.5) is 0 Å². The molecule has 0 aromatic carbocycles. The summed E-state index contributed by atoms with van der Waals surface area (Å²) in [5.41, 5.74) is 0.316. The van der Waals surface area contributed by atoms with Crippen LogP contribution in [-0.4, -0.2) is 5.38 Å². The Hall–Kier alpha value is 0.290. The quantitative estimate of drug-likeness (QED) is 0.538. The largest absolute Gasteiger partial charge is 0.123 e. The molecule has 9 heavy (non-hydrogen) atoms. The van der Waals surface area contributed by atoms with Crippen molar-refractivity contribution in [3.8, 4) is 0 Å². The second-order valence-corrected chi connectivity index (χ2v) is 4.01. The van der Waals surface area contributed by atoms with Crippen LogP contribution < -0.4 is 0 Å². The Morgan fingerprint density at radius 2 is 1.89 bits per heavy atom. The molecule has 1 unspecified atom stereocenters. The standard InChI is InChI=1S/C8H17Cl/c1-5-6-8(3,4)7(2)9/h7H,5-6H2,1-4H3. The van der Waals surface area contributed by atoms with Crippen LogP contribution in [0.5, 0.6) is 0 Å². The van der Waals surface area contributed by atoms with E-state index in [0.717, 1.165) is 0 Å². The zero-order chi connectivity index (χ0) is 7.49. The lowest BCUT2D eigenvalue weighted by Crippen LogP contribution is -2.21. The first-order valence-electron chi connectivity index (χ1n) is 3.64. The third-order valence-corrected chi connectivity index (χ3v) is 2.56. The van der Waals surface area contributed by atoms with E-state index in [4.69, 9.17) is 11.6 Å². The fourth-order valence-corrected chi connectivity index (χ4v) is 0.952. The first-order valence-corrected chi connectivity index (χ1v) is 4.08. The van der Waals surface area contributed by atoms with Crippen molar-refractivity contribution >= 4 is 11.6 Å². The van der Waals surface area contributed by atoms with Crippen LogP contribution in [0.1, 0.15) is 40.5 Å². The van der Waals surface area contributed by atoms with E-state index in [1.807, 2.05) is 0 Å². The lowest BCUT2D eigenvalue weighted by Gasteiger charge is -2.26. The Labute approximate surface area is 63.6 Å². The van der Waals surface area contributed by atoms with Gasteiger partial charge in [0.05, 0.1) is 0 Å². The van der Waals surface area contributed by atoms with Gasteiger partial charge in [0.15, 0.2) is 0 Å². The van der Waals surface area contributed by atoms with E-state index in [1.54, 1.807) is 0 Å². The number of hydrogen-bond acceptors (Lipinski definition) is 0. The molecule has 1 heteroatoms. The fraction of sp³-hybridized carbons (Fsp3) is 1.00. The highest BCUT2D eigenvalue weighted by Gasteiger charge is 2.22. The van der Waals surface area contributed by atoms with Crippen molar-refractivity contribution in [2.75, 3.05) is 0 Å². The molecule has 0 aliphatic heterocycles. The number of halogens is 1. The first-order chi connectivity index (χ1) is 4.00. The molecular formula is C8H17Cl. The Bertz CT molecular complexity index is 74.6. The van der Waals surface area contributed by atoms with Gasteiger partial charge in [0, 0.05) is 5.38 Å². The fourth-order valence-electron chi connectivity index (χ4n) is 0.843. The number of alkyl halides is 1. The molecule has 1 atom stereocenters. The zero-order valence-electron chi connectivity index (χ0n) is 6.87. The van der Waals surface area contributed by atoms with E-state index < -0.39 is 0 Å². The highest BCUT2D eigenvalue weighted by atomic mass is 35.5. The van der Waals surface area contributed by atoms with E-state index in [-0.39, 0.29) is 5.38 Å². The molecule has 0 nitrogen and oxygen atoms in total. The molecular weight excluding hydrogens is 132 g/mol. The molecule has 0 aromatic heterocycles. The second-order valence-electron chi connectivity index (χ2n) is 3.35.